The molecule has 35 heavy (non-hydrogen) atoms. The van der Waals surface area contributed by atoms with E-state index in [0.29, 0.717) is 5.56 Å². The molecule has 0 saturated heterocycles. The summed E-state index contributed by atoms with van der Waals surface area (Å²) < 4.78 is 29.9. The predicted molar refractivity (Wildman–Crippen MR) is 121 cm³/mol. The van der Waals surface area contributed by atoms with Crippen molar-refractivity contribution in [2.75, 3.05) is 19.8 Å². The Labute approximate surface area is 203 Å². The Balaban J connectivity index is 3.23. The highest BCUT2D eigenvalue weighted by molar-refractivity contribution is 5.75. The van der Waals surface area contributed by atoms with E-state index in [1.807, 2.05) is 13.8 Å². The van der Waals surface area contributed by atoms with E-state index in [1.54, 1.807) is 20.8 Å². The zero-order valence-electron chi connectivity index (χ0n) is 20.5. The Morgan fingerprint density at radius 3 is 1.97 bits per heavy atom. The fraction of sp³-hybridized carbons (Fsp3) is 0.565. The molecule has 0 amide bonds. The molecule has 0 heterocycles. The lowest BCUT2D eigenvalue weighted by molar-refractivity contribution is -0.139. The molecule has 12 nitrogen and oxygen atoms in total. The summed E-state index contributed by atoms with van der Waals surface area (Å²) in [4.78, 5) is 47.2. The molecule has 3 N–H and O–H groups in total. The van der Waals surface area contributed by atoms with E-state index in [0.717, 1.165) is 0 Å². The van der Waals surface area contributed by atoms with Gasteiger partial charge in [-0.3, -0.25) is 4.79 Å². The molecule has 1 aromatic rings. The van der Waals surface area contributed by atoms with Gasteiger partial charge in [-0.05, 0) is 50.8 Å². The van der Waals surface area contributed by atoms with Gasteiger partial charge in [0.25, 0.3) is 0 Å². The van der Waals surface area contributed by atoms with Gasteiger partial charge in [-0.15, -0.1) is 0 Å². The fourth-order valence-electron chi connectivity index (χ4n) is 2.89. The van der Waals surface area contributed by atoms with Crippen LogP contribution in [0.15, 0.2) is 18.2 Å². The van der Waals surface area contributed by atoms with Crippen LogP contribution < -0.4 is 15.2 Å². The number of benzene rings is 1. The van der Waals surface area contributed by atoms with Crippen LogP contribution in [0.3, 0.4) is 0 Å². The van der Waals surface area contributed by atoms with E-state index in [1.165, 1.54) is 18.2 Å². The molecule has 0 aliphatic carbocycles. The first-order chi connectivity index (χ1) is 16.5. The number of ether oxygens (including phenoxy) is 6. The second-order valence-corrected chi connectivity index (χ2v) is 7.87. The lowest BCUT2D eigenvalue weighted by Crippen LogP contribution is -2.38. The van der Waals surface area contributed by atoms with Crippen molar-refractivity contribution in [2.45, 2.75) is 59.1 Å². The molecule has 196 valence electrons. The highest BCUT2D eigenvalue weighted by atomic mass is 16.7. The average Bonchev–Trinajstić information content (AvgIpc) is 2.77. The van der Waals surface area contributed by atoms with Crippen molar-refractivity contribution in [3.63, 3.8) is 0 Å². The van der Waals surface area contributed by atoms with Crippen LogP contribution in [-0.4, -0.2) is 61.5 Å². The van der Waals surface area contributed by atoms with Crippen LogP contribution in [0, 0.1) is 5.92 Å². The van der Waals surface area contributed by atoms with Crippen LogP contribution in [0.2, 0.25) is 0 Å². The van der Waals surface area contributed by atoms with Gasteiger partial charge in [-0.25, -0.2) is 14.4 Å². The lowest BCUT2D eigenvalue weighted by atomic mass is 9.87. The Bertz CT molecular complexity index is 871. The SMILES string of the molecule is CCOC(=O)Oc1ccc(C(CC(C)OC(=O)OCC(C)C)[C@H](N)C(=O)O)cc1OC(=O)OCC. The van der Waals surface area contributed by atoms with E-state index < -0.39 is 42.5 Å². The van der Waals surface area contributed by atoms with Gasteiger partial charge in [0.15, 0.2) is 11.5 Å². The number of carbonyl (C=O) groups is 4. The standard InChI is InChI=1S/C23H33NO11/c1-6-30-21(27)34-17-9-8-15(11-18(17)35-22(28)31-7-2)16(19(24)20(25)26)10-14(5)33-23(29)32-12-13(3)4/h8-9,11,13-14,16,19H,6-7,10,12,24H2,1-5H3,(H,25,26)/t14?,16?,19-/m0/s1. The summed E-state index contributed by atoms with van der Waals surface area (Å²) in [6, 6.07) is 2.64. The van der Waals surface area contributed by atoms with Crippen molar-refractivity contribution in [2.24, 2.45) is 11.7 Å². The van der Waals surface area contributed by atoms with Crippen LogP contribution in [0.4, 0.5) is 14.4 Å². The molecular formula is C23H33NO11. The van der Waals surface area contributed by atoms with Gasteiger partial charge in [-0.2, -0.15) is 0 Å². The molecule has 0 aromatic heterocycles. The summed E-state index contributed by atoms with van der Waals surface area (Å²) in [5.74, 6) is -2.46. The van der Waals surface area contributed by atoms with E-state index in [-0.39, 0.29) is 43.7 Å². The summed E-state index contributed by atoms with van der Waals surface area (Å²) in [5, 5.41) is 9.52. The van der Waals surface area contributed by atoms with Crippen LogP contribution in [-0.2, 0) is 23.7 Å². The van der Waals surface area contributed by atoms with Gasteiger partial charge >= 0.3 is 24.4 Å². The van der Waals surface area contributed by atoms with Crippen molar-refractivity contribution in [3.05, 3.63) is 23.8 Å². The van der Waals surface area contributed by atoms with E-state index in [4.69, 9.17) is 34.2 Å². The molecule has 0 aliphatic rings. The van der Waals surface area contributed by atoms with E-state index in [2.05, 4.69) is 0 Å². The third-order valence-electron chi connectivity index (χ3n) is 4.44. The molecule has 2 unspecified atom stereocenters. The topological polar surface area (TPSA) is 170 Å². The molecule has 0 saturated carbocycles. The number of carboxylic acids is 1. The lowest BCUT2D eigenvalue weighted by Gasteiger charge is -2.25. The maximum absolute atomic E-state index is 11.9. The second kappa shape index (κ2) is 14.7. The van der Waals surface area contributed by atoms with Gasteiger partial charge in [0.1, 0.15) is 12.1 Å². The molecule has 0 radical (unpaired) electrons. The molecule has 0 aliphatic heterocycles. The van der Waals surface area contributed by atoms with Crippen molar-refractivity contribution < 1.29 is 52.7 Å². The van der Waals surface area contributed by atoms with Crippen LogP contribution in [0.1, 0.15) is 52.5 Å². The predicted octanol–water partition coefficient (Wildman–Crippen LogP) is 3.84. The van der Waals surface area contributed by atoms with Crippen LogP contribution in [0.25, 0.3) is 0 Å². The van der Waals surface area contributed by atoms with Crippen molar-refractivity contribution in [1.29, 1.82) is 0 Å². The Hall–Kier alpha value is -3.54. The number of hydrogen-bond acceptors (Lipinski definition) is 11. The van der Waals surface area contributed by atoms with Crippen LogP contribution in [0.5, 0.6) is 11.5 Å². The largest absolute Gasteiger partial charge is 0.513 e. The summed E-state index contributed by atoms with van der Waals surface area (Å²) >= 11 is 0. The number of hydrogen-bond donors (Lipinski definition) is 2. The highest BCUT2D eigenvalue weighted by Crippen LogP contribution is 2.35. The normalized spacial score (nSPS) is 13.2. The molecule has 0 bridgehead atoms. The molecular weight excluding hydrogens is 466 g/mol. The highest BCUT2D eigenvalue weighted by Gasteiger charge is 2.30. The van der Waals surface area contributed by atoms with Gasteiger partial charge in [0.2, 0.25) is 0 Å². The molecule has 12 heteroatoms. The molecule has 0 spiro atoms. The van der Waals surface area contributed by atoms with Gasteiger partial charge in [-0.1, -0.05) is 19.9 Å². The zero-order valence-corrected chi connectivity index (χ0v) is 20.5. The Morgan fingerprint density at radius 1 is 0.886 bits per heavy atom. The monoisotopic (exact) mass is 499 g/mol. The quantitative estimate of drug-likeness (QED) is 0.242. The van der Waals surface area contributed by atoms with Gasteiger partial charge in [0, 0.05) is 5.92 Å². The third-order valence-corrected chi connectivity index (χ3v) is 4.44. The van der Waals surface area contributed by atoms with E-state index in [9.17, 15) is 24.3 Å². The third kappa shape index (κ3) is 10.5. The number of carboxylic acid groups (broad SMARTS) is 1. The first-order valence-electron chi connectivity index (χ1n) is 11.1. The molecule has 0 fully saturated rings. The smallest absolute Gasteiger partial charge is 0.480 e. The van der Waals surface area contributed by atoms with E-state index >= 15 is 0 Å². The first kappa shape index (κ1) is 29.5. The number of aliphatic carboxylic acids is 1. The summed E-state index contributed by atoms with van der Waals surface area (Å²) in [6.45, 7) is 8.70. The minimum absolute atomic E-state index is 0.00116. The van der Waals surface area contributed by atoms with Crippen molar-refractivity contribution in [3.8, 4) is 11.5 Å². The fourth-order valence-corrected chi connectivity index (χ4v) is 2.89. The maximum Gasteiger partial charge on any atom is 0.513 e. The summed E-state index contributed by atoms with van der Waals surface area (Å²) in [6.07, 6.45) is -3.76. The maximum atomic E-state index is 11.9. The van der Waals surface area contributed by atoms with Gasteiger partial charge in [0.05, 0.1) is 19.8 Å². The molecule has 1 rings (SSSR count). The first-order valence-corrected chi connectivity index (χ1v) is 11.1. The minimum atomic E-state index is -1.40. The Morgan fingerprint density at radius 2 is 1.46 bits per heavy atom. The molecule has 3 atom stereocenters. The Kier molecular flexibility index (Phi) is 12.4. The zero-order chi connectivity index (χ0) is 26.5. The average molecular weight is 500 g/mol. The molecule has 1 aromatic carbocycles. The number of rotatable bonds is 12. The van der Waals surface area contributed by atoms with Crippen molar-refractivity contribution >= 4 is 24.4 Å². The summed E-state index contributed by atoms with van der Waals surface area (Å²) in [5.41, 5.74) is 6.24. The van der Waals surface area contributed by atoms with Crippen LogP contribution >= 0.6 is 0 Å². The van der Waals surface area contributed by atoms with Gasteiger partial charge < -0.3 is 39.3 Å². The number of carbonyl (C=O) groups excluding carboxylic acids is 3. The van der Waals surface area contributed by atoms with Crippen molar-refractivity contribution in [1.82, 2.24) is 0 Å². The summed E-state index contributed by atoms with van der Waals surface area (Å²) in [7, 11) is 0. The minimum Gasteiger partial charge on any atom is -0.480 e. The second-order valence-electron chi connectivity index (χ2n) is 7.87. The number of nitrogens with two attached hydrogens (primary N) is 1.